The Labute approximate surface area is 99.4 Å². The highest BCUT2D eigenvalue weighted by Crippen LogP contribution is 2.19. The number of aryl methyl sites for hydroxylation is 1. The molecule has 17 heavy (non-hydrogen) atoms. The Morgan fingerprint density at radius 3 is 2.59 bits per heavy atom. The van der Waals surface area contributed by atoms with E-state index in [0.717, 1.165) is 5.56 Å². The van der Waals surface area contributed by atoms with Crippen molar-refractivity contribution in [3.05, 3.63) is 29.3 Å². The number of rotatable bonds is 4. The summed E-state index contributed by atoms with van der Waals surface area (Å²) in [6, 6.07) is 4.21. The number of hydrogen-bond acceptors (Lipinski definition) is 3. The van der Waals surface area contributed by atoms with Gasteiger partial charge in [0.15, 0.2) is 0 Å². The first-order valence-electron chi connectivity index (χ1n) is 5.14. The molecule has 92 valence electrons. The van der Waals surface area contributed by atoms with Crippen molar-refractivity contribution in [1.29, 1.82) is 0 Å². The van der Waals surface area contributed by atoms with Crippen LogP contribution in [-0.4, -0.2) is 30.1 Å². The maximum Gasteiger partial charge on any atom is 0.325 e. The van der Waals surface area contributed by atoms with Crippen LogP contribution in [-0.2, 0) is 4.79 Å². The molecule has 0 aliphatic carbocycles. The summed E-state index contributed by atoms with van der Waals surface area (Å²) in [6.07, 6.45) is 0. The second kappa shape index (κ2) is 5.34. The Kier molecular flexibility index (Phi) is 4.09. The molecular formula is C12H15NO4. The summed E-state index contributed by atoms with van der Waals surface area (Å²) in [7, 11) is 1.46. The van der Waals surface area contributed by atoms with E-state index in [1.807, 2.05) is 13.0 Å². The summed E-state index contributed by atoms with van der Waals surface area (Å²) in [6.45, 7) is 3.25. The summed E-state index contributed by atoms with van der Waals surface area (Å²) in [5.41, 5.74) is 1.24. The van der Waals surface area contributed by atoms with Crippen LogP contribution in [0.2, 0.25) is 0 Å². The van der Waals surface area contributed by atoms with Crippen molar-refractivity contribution in [3.63, 3.8) is 0 Å². The summed E-state index contributed by atoms with van der Waals surface area (Å²) < 4.78 is 5.06. The van der Waals surface area contributed by atoms with E-state index >= 15 is 0 Å². The van der Waals surface area contributed by atoms with E-state index in [1.54, 1.807) is 12.1 Å². The van der Waals surface area contributed by atoms with Gasteiger partial charge in [0.05, 0.1) is 12.7 Å². The van der Waals surface area contributed by atoms with Crippen molar-refractivity contribution in [2.24, 2.45) is 0 Å². The predicted octanol–water partition coefficient (Wildman–Crippen LogP) is 1.21. The summed E-state index contributed by atoms with van der Waals surface area (Å²) in [5.74, 6) is -1.11. The maximum atomic E-state index is 11.8. The quantitative estimate of drug-likeness (QED) is 0.825. The average molecular weight is 237 g/mol. The number of carbonyl (C=O) groups excluding carboxylic acids is 1. The highest BCUT2D eigenvalue weighted by atomic mass is 16.5. The molecule has 5 nitrogen and oxygen atoms in total. The molecule has 0 radical (unpaired) electrons. The van der Waals surface area contributed by atoms with Gasteiger partial charge in [0.25, 0.3) is 5.91 Å². The molecule has 0 fully saturated rings. The van der Waals surface area contributed by atoms with Gasteiger partial charge >= 0.3 is 5.97 Å². The second-order valence-corrected chi connectivity index (χ2v) is 3.74. The third-order valence-electron chi connectivity index (χ3n) is 2.32. The highest BCUT2D eigenvalue weighted by molar-refractivity contribution is 5.99. The van der Waals surface area contributed by atoms with Gasteiger partial charge in [-0.15, -0.1) is 0 Å². The molecular weight excluding hydrogens is 222 g/mol. The molecule has 0 aromatic heterocycles. The molecule has 5 heteroatoms. The molecule has 0 heterocycles. The molecule has 1 aromatic rings. The van der Waals surface area contributed by atoms with Crippen LogP contribution in [0.15, 0.2) is 18.2 Å². The molecule has 0 bridgehead atoms. The second-order valence-electron chi connectivity index (χ2n) is 3.74. The summed E-state index contributed by atoms with van der Waals surface area (Å²) in [4.78, 5) is 22.5. The van der Waals surface area contributed by atoms with Crippen molar-refractivity contribution in [1.82, 2.24) is 5.32 Å². The third-order valence-corrected chi connectivity index (χ3v) is 2.32. The monoisotopic (exact) mass is 237 g/mol. The number of carboxylic acids is 1. The molecule has 0 saturated carbocycles. The first-order chi connectivity index (χ1) is 7.95. The molecule has 1 amide bonds. The van der Waals surface area contributed by atoms with Gasteiger partial charge in [-0.2, -0.15) is 0 Å². The molecule has 2 N–H and O–H groups in total. The zero-order valence-electron chi connectivity index (χ0n) is 9.98. The fourth-order valence-corrected chi connectivity index (χ4v) is 1.34. The van der Waals surface area contributed by atoms with Crippen LogP contribution in [0.25, 0.3) is 0 Å². The Hall–Kier alpha value is -2.04. The van der Waals surface area contributed by atoms with Gasteiger partial charge in [-0.3, -0.25) is 9.59 Å². The van der Waals surface area contributed by atoms with Gasteiger partial charge < -0.3 is 15.2 Å². The van der Waals surface area contributed by atoms with E-state index in [0.29, 0.717) is 11.3 Å². The molecule has 1 rings (SSSR count). The van der Waals surface area contributed by atoms with Crippen LogP contribution < -0.4 is 10.1 Å². The van der Waals surface area contributed by atoms with Gasteiger partial charge in [0.1, 0.15) is 11.8 Å². The van der Waals surface area contributed by atoms with Crippen LogP contribution in [0.1, 0.15) is 22.8 Å². The molecule has 1 atom stereocenters. The number of carbonyl (C=O) groups is 2. The van der Waals surface area contributed by atoms with Crippen LogP contribution in [0.3, 0.4) is 0 Å². The van der Waals surface area contributed by atoms with Crippen LogP contribution in [0.4, 0.5) is 0 Å². The zero-order valence-corrected chi connectivity index (χ0v) is 9.98. The molecule has 1 aromatic carbocycles. The molecule has 0 saturated heterocycles. The Bertz CT molecular complexity index is 442. The lowest BCUT2D eigenvalue weighted by molar-refractivity contribution is -0.138. The topological polar surface area (TPSA) is 75.6 Å². The van der Waals surface area contributed by atoms with Crippen molar-refractivity contribution in [2.45, 2.75) is 19.9 Å². The smallest absolute Gasteiger partial charge is 0.325 e. The normalized spacial score (nSPS) is 11.7. The molecule has 0 aliphatic heterocycles. The SMILES string of the molecule is COc1ccc(C)cc1C(=O)N[C@@H](C)C(=O)O. The van der Waals surface area contributed by atoms with E-state index in [4.69, 9.17) is 9.84 Å². The lowest BCUT2D eigenvalue weighted by atomic mass is 10.1. The fourth-order valence-electron chi connectivity index (χ4n) is 1.34. The number of carboxylic acid groups (broad SMARTS) is 1. The third kappa shape index (κ3) is 3.21. The van der Waals surface area contributed by atoms with Crippen molar-refractivity contribution in [2.75, 3.05) is 7.11 Å². The maximum absolute atomic E-state index is 11.8. The minimum absolute atomic E-state index is 0.334. The number of ether oxygens (including phenoxy) is 1. The van der Waals surface area contributed by atoms with Gasteiger partial charge in [0, 0.05) is 0 Å². The van der Waals surface area contributed by atoms with E-state index < -0.39 is 17.9 Å². The minimum atomic E-state index is -1.08. The Balaban J connectivity index is 2.95. The van der Waals surface area contributed by atoms with Crippen molar-refractivity contribution < 1.29 is 19.4 Å². The number of nitrogens with one attached hydrogen (secondary N) is 1. The van der Waals surface area contributed by atoms with E-state index in [-0.39, 0.29) is 0 Å². The van der Waals surface area contributed by atoms with Crippen LogP contribution >= 0.6 is 0 Å². The van der Waals surface area contributed by atoms with Gasteiger partial charge in [-0.05, 0) is 26.0 Å². The Morgan fingerprint density at radius 1 is 1.41 bits per heavy atom. The molecule has 0 spiro atoms. The van der Waals surface area contributed by atoms with Gasteiger partial charge in [-0.25, -0.2) is 0 Å². The van der Waals surface area contributed by atoms with Crippen molar-refractivity contribution >= 4 is 11.9 Å². The largest absolute Gasteiger partial charge is 0.496 e. The number of benzene rings is 1. The number of aliphatic carboxylic acids is 1. The van der Waals surface area contributed by atoms with E-state index in [2.05, 4.69) is 5.32 Å². The van der Waals surface area contributed by atoms with E-state index in [9.17, 15) is 9.59 Å². The number of amides is 1. The molecule has 0 unspecified atom stereocenters. The standard InChI is InChI=1S/C12H15NO4/c1-7-4-5-10(17-3)9(6-7)11(14)13-8(2)12(15)16/h4-6,8H,1-3H3,(H,13,14)(H,15,16)/t8-/m0/s1. The van der Waals surface area contributed by atoms with Crippen LogP contribution in [0, 0.1) is 6.92 Å². The predicted molar refractivity (Wildman–Crippen MR) is 62.3 cm³/mol. The van der Waals surface area contributed by atoms with Gasteiger partial charge in [0.2, 0.25) is 0 Å². The van der Waals surface area contributed by atoms with Crippen LogP contribution in [0.5, 0.6) is 5.75 Å². The summed E-state index contributed by atoms with van der Waals surface area (Å²) in [5, 5.41) is 11.1. The first kappa shape index (κ1) is 13.0. The lowest BCUT2D eigenvalue weighted by Crippen LogP contribution is -2.38. The highest BCUT2D eigenvalue weighted by Gasteiger charge is 2.18. The number of methoxy groups -OCH3 is 1. The average Bonchev–Trinajstić information content (AvgIpc) is 2.28. The lowest BCUT2D eigenvalue weighted by Gasteiger charge is -2.12. The summed E-state index contributed by atoms with van der Waals surface area (Å²) >= 11 is 0. The minimum Gasteiger partial charge on any atom is -0.496 e. The fraction of sp³-hybridized carbons (Fsp3) is 0.333. The van der Waals surface area contributed by atoms with Crippen molar-refractivity contribution in [3.8, 4) is 5.75 Å². The van der Waals surface area contributed by atoms with Gasteiger partial charge in [-0.1, -0.05) is 11.6 Å². The van der Waals surface area contributed by atoms with E-state index in [1.165, 1.54) is 14.0 Å². The zero-order chi connectivity index (χ0) is 13.0. The number of hydrogen-bond donors (Lipinski definition) is 2. The Morgan fingerprint density at radius 2 is 2.06 bits per heavy atom. The first-order valence-corrected chi connectivity index (χ1v) is 5.14. The molecule has 0 aliphatic rings.